The number of urea groups is 1. The van der Waals surface area contributed by atoms with Crippen LogP contribution in [0.15, 0.2) is 27.9 Å². The fourth-order valence-electron chi connectivity index (χ4n) is 2.82. The van der Waals surface area contributed by atoms with Crippen LogP contribution < -0.4 is 20.1 Å². The summed E-state index contributed by atoms with van der Waals surface area (Å²) in [4.78, 5) is 24.7. The third-order valence-electron chi connectivity index (χ3n) is 4.22. The molecule has 2 heterocycles. The zero-order valence-electron chi connectivity index (χ0n) is 14.8. The van der Waals surface area contributed by atoms with Crippen molar-refractivity contribution in [3.8, 4) is 11.5 Å². The van der Waals surface area contributed by atoms with Gasteiger partial charge in [-0.3, -0.25) is 0 Å². The molecule has 2 N–H and O–H groups in total. The molecule has 2 aliphatic rings. The monoisotopic (exact) mass is 424 g/mol. The quantitative estimate of drug-likeness (QED) is 0.707. The highest BCUT2D eigenvalue weighted by Gasteiger charge is 2.34. The van der Waals surface area contributed by atoms with Gasteiger partial charge in [0.05, 0.1) is 18.2 Å². The van der Waals surface area contributed by atoms with Crippen molar-refractivity contribution in [2.75, 3.05) is 13.4 Å². The predicted molar refractivity (Wildman–Crippen MR) is 97.8 cm³/mol. The molecule has 1 aromatic rings. The first kappa shape index (κ1) is 18.6. The van der Waals surface area contributed by atoms with Crippen molar-refractivity contribution in [2.45, 2.75) is 33.2 Å². The lowest BCUT2D eigenvalue weighted by Gasteiger charge is -2.29. The van der Waals surface area contributed by atoms with Crippen molar-refractivity contribution >= 4 is 27.9 Å². The number of nitrogens with one attached hydrogen (secondary N) is 2. The molecule has 2 amide bonds. The first-order valence-electron chi connectivity index (χ1n) is 8.41. The minimum Gasteiger partial charge on any atom is -0.462 e. The SMILES string of the molecule is CC1=C(C(=O)OCCC(C)C)[C@@H](c2cc3c(cc2Br)OCO3)NC(=O)N1. The minimum absolute atomic E-state index is 0.142. The van der Waals surface area contributed by atoms with E-state index in [0.29, 0.717) is 45.3 Å². The summed E-state index contributed by atoms with van der Waals surface area (Å²) in [6, 6.07) is 2.50. The van der Waals surface area contributed by atoms with Gasteiger partial charge in [0.25, 0.3) is 0 Å². The van der Waals surface area contributed by atoms with E-state index in [1.165, 1.54) is 0 Å². The number of hydrogen-bond donors (Lipinski definition) is 2. The second-order valence-corrected chi connectivity index (χ2v) is 7.47. The van der Waals surface area contributed by atoms with Crippen molar-refractivity contribution in [1.29, 1.82) is 0 Å². The Kier molecular flexibility index (Phi) is 5.41. The van der Waals surface area contributed by atoms with Gasteiger partial charge in [-0.05, 0) is 37.0 Å². The highest BCUT2D eigenvalue weighted by molar-refractivity contribution is 9.10. The molecular formula is C18H21BrN2O5. The molecule has 0 aliphatic carbocycles. The molecule has 0 aromatic heterocycles. The summed E-state index contributed by atoms with van der Waals surface area (Å²) in [5.41, 5.74) is 1.53. The van der Waals surface area contributed by atoms with Gasteiger partial charge in [0.2, 0.25) is 6.79 Å². The Labute approximate surface area is 160 Å². The summed E-state index contributed by atoms with van der Waals surface area (Å²) in [5.74, 6) is 1.16. The normalized spacial score (nSPS) is 18.7. The molecule has 26 heavy (non-hydrogen) atoms. The summed E-state index contributed by atoms with van der Waals surface area (Å²) in [6.07, 6.45) is 0.774. The van der Waals surface area contributed by atoms with Gasteiger partial charge in [0.1, 0.15) is 0 Å². The number of carbonyl (C=O) groups excluding carboxylic acids is 2. The third-order valence-corrected chi connectivity index (χ3v) is 4.91. The molecule has 1 aromatic carbocycles. The van der Waals surface area contributed by atoms with Gasteiger partial charge in [-0.15, -0.1) is 0 Å². The average Bonchev–Trinajstić information content (AvgIpc) is 2.99. The number of allylic oxidation sites excluding steroid dienone is 1. The van der Waals surface area contributed by atoms with E-state index in [9.17, 15) is 9.59 Å². The van der Waals surface area contributed by atoms with E-state index in [0.717, 1.165) is 6.42 Å². The number of carbonyl (C=O) groups is 2. The van der Waals surface area contributed by atoms with Crippen LogP contribution in [0.3, 0.4) is 0 Å². The number of hydrogen-bond acceptors (Lipinski definition) is 5. The molecule has 0 saturated heterocycles. The maximum Gasteiger partial charge on any atom is 0.338 e. The Hall–Kier alpha value is -2.22. The summed E-state index contributed by atoms with van der Waals surface area (Å²) < 4.78 is 16.9. The van der Waals surface area contributed by atoms with Gasteiger partial charge in [-0.1, -0.05) is 29.8 Å². The number of esters is 1. The average molecular weight is 425 g/mol. The van der Waals surface area contributed by atoms with Gasteiger partial charge in [0, 0.05) is 10.2 Å². The smallest absolute Gasteiger partial charge is 0.338 e. The number of fused-ring (bicyclic) bond motifs is 1. The molecule has 8 heteroatoms. The molecule has 0 saturated carbocycles. The Balaban J connectivity index is 1.92. The first-order chi connectivity index (χ1) is 12.4. The second kappa shape index (κ2) is 7.57. The molecule has 7 nitrogen and oxygen atoms in total. The molecule has 0 unspecified atom stereocenters. The van der Waals surface area contributed by atoms with Crippen molar-refractivity contribution < 1.29 is 23.8 Å². The van der Waals surface area contributed by atoms with Crippen molar-refractivity contribution in [2.24, 2.45) is 5.92 Å². The fourth-order valence-corrected chi connectivity index (χ4v) is 3.37. The fraction of sp³-hybridized carbons (Fsp3) is 0.444. The van der Waals surface area contributed by atoms with Gasteiger partial charge in [-0.25, -0.2) is 9.59 Å². The minimum atomic E-state index is -0.654. The zero-order chi connectivity index (χ0) is 18.8. The summed E-state index contributed by atoms with van der Waals surface area (Å²) in [6.45, 7) is 6.28. The van der Waals surface area contributed by atoms with Gasteiger partial charge >= 0.3 is 12.0 Å². The van der Waals surface area contributed by atoms with Crippen molar-refractivity contribution in [1.82, 2.24) is 10.6 Å². The predicted octanol–water partition coefficient (Wildman–Crippen LogP) is 3.40. The van der Waals surface area contributed by atoms with Crippen LogP contribution in [0.5, 0.6) is 11.5 Å². The Morgan fingerprint density at radius 2 is 2.04 bits per heavy atom. The maximum absolute atomic E-state index is 12.7. The van der Waals surface area contributed by atoms with Crippen molar-refractivity contribution in [3.05, 3.63) is 33.4 Å². The van der Waals surface area contributed by atoms with Crippen LogP contribution in [-0.4, -0.2) is 25.4 Å². The molecule has 140 valence electrons. The number of halogens is 1. The van der Waals surface area contributed by atoms with Gasteiger partial charge in [0.15, 0.2) is 11.5 Å². The second-order valence-electron chi connectivity index (χ2n) is 6.62. The van der Waals surface area contributed by atoms with E-state index in [2.05, 4.69) is 40.4 Å². The highest BCUT2D eigenvalue weighted by Crippen LogP contribution is 2.41. The van der Waals surface area contributed by atoms with Gasteiger partial charge in [-0.2, -0.15) is 0 Å². The molecule has 0 fully saturated rings. The van der Waals surface area contributed by atoms with E-state index in [1.807, 2.05) is 0 Å². The summed E-state index contributed by atoms with van der Waals surface area (Å²) in [5, 5.41) is 5.43. The van der Waals surface area contributed by atoms with Crippen LogP contribution in [-0.2, 0) is 9.53 Å². The molecule has 2 aliphatic heterocycles. The lowest BCUT2D eigenvalue weighted by molar-refractivity contribution is -0.139. The van der Waals surface area contributed by atoms with Gasteiger partial charge < -0.3 is 24.8 Å². The van der Waals surface area contributed by atoms with Crippen LogP contribution in [0.2, 0.25) is 0 Å². The standard InChI is InChI=1S/C18H21BrN2O5/c1-9(2)4-5-24-17(22)15-10(3)20-18(23)21-16(15)11-6-13-14(7-12(11)19)26-8-25-13/h6-7,9,16H,4-5,8H2,1-3H3,(H2,20,21,23)/t16-/m1/s1. The van der Waals surface area contributed by atoms with E-state index < -0.39 is 12.0 Å². The van der Waals surface area contributed by atoms with Crippen LogP contribution in [0.1, 0.15) is 38.8 Å². The molecule has 0 bridgehead atoms. The van der Waals surface area contributed by atoms with E-state index in [-0.39, 0.29) is 12.8 Å². The molecule has 1 atom stereocenters. The third kappa shape index (κ3) is 3.80. The first-order valence-corrected chi connectivity index (χ1v) is 9.20. The zero-order valence-corrected chi connectivity index (χ0v) is 16.4. The number of rotatable bonds is 5. The van der Waals surface area contributed by atoms with E-state index in [1.54, 1.807) is 19.1 Å². The molecule has 0 radical (unpaired) electrons. The molecule has 0 spiro atoms. The van der Waals surface area contributed by atoms with E-state index in [4.69, 9.17) is 14.2 Å². The van der Waals surface area contributed by atoms with Crippen LogP contribution in [0.4, 0.5) is 4.79 Å². The summed E-state index contributed by atoms with van der Waals surface area (Å²) >= 11 is 3.49. The Morgan fingerprint density at radius 3 is 2.73 bits per heavy atom. The Bertz CT molecular complexity index is 775. The lowest BCUT2D eigenvalue weighted by atomic mass is 9.95. The Morgan fingerprint density at radius 1 is 1.35 bits per heavy atom. The molecule has 3 rings (SSSR count). The van der Waals surface area contributed by atoms with Crippen LogP contribution in [0.25, 0.3) is 0 Å². The van der Waals surface area contributed by atoms with E-state index >= 15 is 0 Å². The number of benzene rings is 1. The molecular weight excluding hydrogens is 404 g/mol. The number of amides is 2. The topological polar surface area (TPSA) is 85.9 Å². The van der Waals surface area contributed by atoms with Crippen LogP contribution >= 0.6 is 15.9 Å². The number of ether oxygens (including phenoxy) is 3. The summed E-state index contributed by atoms with van der Waals surface area (Å²) in [7, 11) is 0. The van der Waals surface area contributed by atoms with Crippen molar-refractivity contribution in [3.63, 3.8) is 0 Å². The lowest BCUT2D eigenvalue weighted by Crippen LogP contribution is -2.45. The van der Waals surface area contributed by atoms with Crippen LogP contribution in [0, 0.1) is 5.92 Å². The maximum atomic E-state index is 12.7. The highest BCUT2D eigenvalue weighted by atomic mass is 79.9. The largest absolute Gasteiger partial charge is 0.462 e.